The number of hydrogen-bond donors (Lipinski definition) is 1. The van der Waals surface area contributed by atoms with Crippen molar-refractivity contribution in [3.05, 3.63) is 106 Å². The van der Waals surface area contributed by atoms with Gasteiger partial charge in [-0.3, -0.25) is 4.79 Å². The van der Waals surface area contributed by atoms with Crippen molar-refractivity contribution in [2.75, 3.05) is 6.61 Å². The van der Waals surface area contributed by atoms with E-state index in [-0.39, 0.29) is 18.6 Å². The number of nitrogens with one attached hydrogen (secondary N) is 1. The molecule has 0 spiro atoms. The molecule has 0 aromatic heterocycles. The normalized spacial score (nSPS) is 11.5. The van der Waals surface area contributed by atoms with Gasteiger partial charge in [-0.1, -0.05) is 72.3 Å². The first-order valence-electron chi connectivity index (χ1n) is 9.36. The molecule has 0 bridgehead atoms. The Morgan fingerprint density at radius 2 is 1.69 bits per heavy atom. The molecule has 3 rings (SSSR count). The molecule has 3 aromatic carbocycles. The van der Waals surface area contributed by atoms with Crippen LogP contribution in [0.2, 0.25) is 5.02 Å². The van der Waals surface area contributed by atoms with Gasteiger partial charge in [0.05, 0.1) is 11.6 Å². The van der Waals surface area contributed by atoms with Gasteiger partial charge >= 0.3 is 5.97 Å². The van der Waals surface area contributed by atoms with Crippen LogP contribution in [0.4, 0.5) is 0 Å². The molecule has 1 atom stereocenters. The average Bonchev–Trinajstić information content (AvgIpc) is 2.73. The molecular weight excluding hydrogens is 386 g/mol. The van der Waals surface area contributed by atoms with E-state index in [0.717, 1.165) is 16.7 Å². The maximum Gasteiger partial charge on any atom is 0.338 e. The van der Waals surface area contributed by atoms with Crippen LogP contribution in [-0.2, 0) is 16.0 Å². The third kappa shape index (κ3) is 5.93. The van der Waals surface area contributed by atoms with E-state index in [9.17, 15) is 9.59 Å². The van der Waals surface area contributed by atoms with Crippen LogP contribution in [0.15, 0.2) is 78.9 Å². The number of hydrogen-bond acceptors (Lipinski definition) is 3. The molecule has 148 valence electrons. The van der Waals surface area contributed by atoms with Crippen molar-refractivity contribution in [2.45, 2.75) is 19.4 Å². The van der Waals surface area contributed by atoms with Gasteiger partial charge in [-0.25, -0.2) is 4.79 Å². The maximum absolute atomic E-state index is 12.5. The first kappa shape index (κ1) is 20.6. The van der Waals surface area contributed by atoms with E-state index in [2.05, 4.69) is 5.32 Å². The highest BCUT2D eigenvalue weighted by Crippen LogP contribution is 2.18. The summed E-state index contributed by atoms with van der Waals surface area (Å²) in [6.45, 7) is 1.50. The highest BCUT2D eigenvalue weighted by molar-refractivity contribution is 6.30. The summed E-state index contributed by atoms with van der Waals surface area (Å²) in [5, 5.41) is 3.41. The smallest absolute Gasteiger partial charge is 0.338 e. The molecule has 29 heavy (non-hydrogen) atoms. The number of carbonyl (C=O) groups is 2. The van der Waals surface area contributed by atoms with Gasteiger partial charge in [-0.05, 0) is 48.2 Å². The topological polar surface area (TPSA) is 55.4 Å². The lowest BCUT2D eigenvalue weighted by Crippen LogP contribution is -2.31. The van der Waals surface area contributed by atoms with Crippen molar-refractivity contribution in [2.24, 2.45) is 0 Å². The molecule has 0 unspecified atom stereocenters. The third-order valence-corrected chi connectivity index (χ3v) is 4.77. The van der Waals surface area contributed by atoms with Gasteiger partial charge in [0.25, 0.3) is 5.91 Å². The molecule has 0 aliphatic rings. The van der Waals surface area contributed by atoms with Gasteiger partial charge in [0.1, 0.15) is 0 Å². The summed E-state index contributed by atoms with van der Waals surface area (Å²) >= 11 is 5.99. The first-order valence-corrected chi connectivity index (χ1v) is 9.74. The maximum atomic E-state index is 12.5. The van der Waals surface area contributed by atoms with Gasteiger partial charge in [0.2, 0.25) is 0 Å². The first-order chi connectivity index (χ1) is 14.0. The molecule has 0 saturated heterocycles. The fourth-order valence-electron chi connectivity index (χ4n) is 3.04. The minimum Gasteiger partial charge on any atom is -0.452 e. The summed E-state index contributed by atoms with van der Waals surface area (Å²) in [4.78, 5) is 24.7. The molecular formula is C24H22ClNO3. The van der Waals surface area contributed by atoms with E-state index in [0.29, 0.717) is 17.0 Å². The fourth-order valence-corrected chi connectivity index (χ4v) is 3.24. The minimum absolute atomic E-state index is 0.245. The van der Waals surface area contributed by atoms with Crippen molar-refractivity contribution >= 4 is 23.5 Å². The molecule has 4 nitrogen and oxygen atoms in total. The van der Waals surface area contributed by atoms with E-state index < -0.39 is 5.97 Å². The van der Waals surface area contributed by atoms with Crippen LogP contribution in [0.5, 0.6) is 0 Å². The van der Waals surface area contributed by atoms with Gasteiger partial charge in [0, 0.05) is 5.02 Å². The zero-order valence-corrected chi connectivity index (χ0v) is 16.9. The van der Waals surface area contributed by atoms with Gasteiger partial charge < -0.3 is 10.1 Å². The Hall–Kier alpha value is -3.11. The van der Waals surface area contributed by atoms with Crippen molar-refractivity contribution in [3.63, 3.8) is 0 Å². The Kier molecular flexibility index (Phi) is 7.04. The summed E-state index contributed by atoms with van der Waals surface area (Å²) < 4.78 is 5.25. The molecule has 5 heteroatoms. The summed E-state index contributed by atoms with van der Waals surface area (Å²) in [5.41, 5.74) is 3.30. The van der Waals surface area contributed by atoms with Crippen LogP contribution < -0.4 is 5.32 Å². The Morgan fingerprint density at radius 1 is 0.966 bits per heavy atom. The van der Waals surface area contributed by atoms with E-state index in [4.69, 9.17) is 16.3 Å². The van der Waals surface area contributed by atoms with Crippen LogP contribution in [0, 0.1) is 0 Å². The van der Waals surface area contributed by atoms with Gasteiger partial charge in [-0.15, -0.1) is 0 Å². The van der Waals surface area contributed by atoms with E-state index >= 15 is 0 Å². The van der Waals surface area contributed by atoms with Crippen molar-refractivity contribution in [1.82, 2.24) is 5.32 Å². The number of benzene rings is 3. The summed E-state index contributed by atoms with van der Waals surface area (Å²) in [6.07, 6.45) is 0.615. The van der Waals surface area contributed by atoms with Crippen LogP contribution >= 0.6 is 11.6 Å². The van der Waals surface area contributed by atoms with Crippen molar-refractivity contribution in [1.29, 1.82) is 0 Å². The average molecular weight is 408 g/mol. The Labute approximate surface area is 175 Å². The molecule has 1 N–H and O–H groups in total. The molecule has 0 aliphatic carbocycles. The second-order valence-corrected chi connectivity index (χ2v) is 7.18. The predicted molar refractivity (Wildman–Crippen MR) is 114 cm³/mol. The number of ether oxygens (including phenoxy) is 1. The second kappa shape index (κ2) is 9.89. The SMILES string of the molecule is C[C@@H](NC(=O)COC(=O)c1ccccc1Cc1ccccc1)c1cccc(Cl)c1. The van der Waals surface area contributed by atoms with E-state index in [1.165, 1.54) is 0 Å². The monoisotopic (exact) mass is 407 g/mol. The highest BCUT2D eigenvalue weighted by Gasteiger charge is 2.16. The quantitative estimate of drug-likeness (QED) is 0.563. The fraction of sp³-hybridized carbons (Fsp3) is 0.167. The molecule has 3 aromatic rings. The Balaban J connectivity index is 1.58. The van der Waals surface area contributed by atoms with Gasteiger partial charge in [-0.2, -0.15) is 0 Å². The minimum atomic E-state index is -0.512. The van der Waals surface area contributed by atoms with Crippen LogP contribution in [0.25, 0.3) is 0 Å². The number of rotatable bonds is 7. The number of esters is 1. The second-order valence-electron chi connectivity index (χ2n) is 6.74. The molecule has 0 saturated carbocycles. The number of carbonyl (C=O) groups excluding carboxylic acids is 2. The molecule has 1 amide bonds. The lowest BCUT2D eigenvalue weighted by atomic mass is 10.00. The lowest BCUT2D eigenvalue weighted by molar-refractivity contribution is -0.124. The van der Waals surface area contributed by atoms with Gasteiger partial charge in [0.15, 0.2) is 6.61 Å². The van der Waals surface area contributed by atoms with Crippen molar-refractivity contribution < 1.29 is 14.3 Å². The largest absolute Gasteiger partial charge is 0.452 e. The van der Waals surface area contributed by atoms with Crippen LogP contribution in [0.3, 0.4) is 0 Å². The molecule has 0 radical (unpaired) electrons. The Bertz CT molecular complexity index is 988. The predicted octanol–water partition coefficient (Wildman–Crippen LogP) is 4.97. The summed E-state index contributed by atoms with van der Waals surface area (Å²) in [7, 11) is 0. The van der Waals surface area contributed by atoms with Crippen LogP contribution in [-0.4, -0.2) is 18.5 Å². The molecule has 0 heterocycles. The van der Waals surface area contributed by atoms with Crippen LogP contribution in [0.1, 0.15) is 40.0 Å². The molecule has 0 fully saturated rings. The van der Waals surface area contributed by atoms with E-state index in [1.807, 2.05) is 61.5 Å². The number of amides is 1. The molecule has 0 aliphatic heterocycles. The highest BCUT2D eigenvalue weighted by atomic mass is 35.5. The Morgan fingerprint density at radius 3 is 2.45 bits per heavy atom. The summed E-state index contributed by atoms with van der Waals surface area (Å²) in [5.74, 6) is -0.881. The third-order valence-electron chi connectivity index (χ3n) is 4.54. The standard InChI is InChI=1S/C24H22ClNO3/c1-17(19-11-7-12-21(25)15-19)26-23(27)16-29-24(28)22-13-6-5-10-20(22)14-18-8-3-2-4-9-18/h2-13,15,17H,14,16H2,1H3,(H,26,27)/t17-/m1/s1. The zero-order valence-electron chi connectivity index (χ0n) is 16.1. The lowest BCUT2D eigenvalue weighted by Gasteiger charge is -2.15. The van der Waals surface area contributed by atoms with Crippen molar-refractivity contribution in [3.8, 4) is 0 Å². The van der Waals surface area contributed by atoms with E-state index in [1.54, 1.807) is 24.3 Å². The summed E-state index contributed by atoms with van der Waals surface area (Å²) in [6, 6.07) is 24.2. The number of halogens is 1. The zero-order chi connectivity index (χ0) is 20.6.